The Morgan fingerprint density at radius 2 is 1.68 bits per heavy atom. The van der Waals surface area contributed by atoms with Crippen molar-refractivity contribution in [3.63, 3.8) is 0 Å². The number of carbonyl (C=O) groups excluding carboxylic acids is 1. The summed E-state index contributed by atoms with van der Waals surface area (Å²) >= 11 is 0. The fourth-order valence-electron chi connectivity index (χ4n) is 3.36. The van der Waals surface area contributed by atoms with Crippen molar-refractivity contribution >= 4 is 12.0 Å². The zero-order valence-electron chi connectivity index (χ0n) is 18.4. The number of hydrogen-bond acceptors (Lipinski definition) is 5. The second kappa shape index (κ2) is 9.84. The highest BCUT2D eigenvalue weighted by Gasteiger charge is 2.14. The molecule has 1 N–H and O–H groups in total. The maximum absolute atomic E-state index is 12.5. The van der Waals surface area contributed by atoms with Crippen molar-refractivity contribution in [3.05, 3.63) is 71.1 Å². The molecular weight excluding hydrogens is 394 g/mol. The van der Waals surface area contributed by atoms with Gasteiger partial charge in [0.05, 0.1) is 44.8 Å². The normalized spacial score (nSPS) is 10.9. The van der Waals surface area contributed by atoms with Gasteiger partial charge in [0.1, 0.15) is 17.2 Å². The van der Waals surface area contributed by atoms with Gasteiger partial charge in [-0.2, -0.15) is 5.10 Å². The lowest BCUT2D eigenvalue weighted by Crippen LogP contribution is -2.21. The minimum absolute atomic E-state index is 0.230. The summed E-state index contributed by atoms with van der Waals surface area (Å²) < 4.78 is 18.0. The Hall–Kier alpha value is -3.74. The third kappa shape index (κ3) is 4.88. The molecule has 1 heterocycles. The topological polar surface area (TPSA) is 74.6 Å². The summed E-state index contributed by atoms with van der Waals surface area (Å²) in [6.07, 6.45) is 3.30. The summed E-state index contributed by atoms with van der Waals surface area (Å²) in [6.45, 7) is 4.16. The molecule has 0 bridgehead atoms. The molecule has 0 saturated heterocycles. The number of ether oxygens (including phenoxy) is 3. The van der Waals surface area contributed by atoms with Gasteiger partial charge in [-0.15, -0.1) is 0 Å². The first-order valence-electron chi connectivity index (χ1n) is 9.85. The van der Waals surface area contributed by atoms with Gasteiger partial charge in [0.15, 0.2) is 0 Å². The van der Waals surface area contributed by atoms with Crippen LogP contribution in [0.5, 0.6) is 17.2 Å². The van der Waals surface area contributed by atoms with Gasteiger partial charge in [0.25, 0.3) is 0 Å². The van der Waals surface area contributed by atoms with Crippen molar-refractivity contribution < 1.29 is 19.0 Å². The Bertz CT molecular complexity index is 1060. The number of benzene rings is 2. The monoisotopic (exact) mass is 421 g/mol. The number of hydrogen-bond donors (Lipinski definition) is 1. The fourth-order valence-corrected chi connectivity index (χ4v) is 3.36. The maximum Gasteiger partial charge on any atom is 0.244 e. The third-order valence-electron chi connectivity index (χ3n) is 5.01. The van der Waals surface area contributed by atoms with Crippen LogP contribution in [0.3, 0.4) is 0 Å². The molecule has 2 aromatic carbocycles. The van der Waals surface area contributed by atoms with E-state index in [2.05, 4.69) is 10.4 Å². The number of methoxy groups -OCH3 is 3. The molecule has 0 saturated carbocycles. The maximum atomic E-state index is 12.5. The minimum atomic E-state index is -0.230. The molecule has 3 rings (SSSR count). The summed E-state index contributed by atoms with van der Waals surface area (Å²) in [5.41, 5.74) is 4.44. The minimum Gasteiger partial charge on any atom is -0.496 e. The molecular formula is C24H27N3O4. The van der Waals surface area contributed by atoms with Crippen LogP contribution in [0.4, 0.5) is 0 Å². The van der Waals surface area contributed by atoms with Crippen LogP contribution < -0.4 is 19.5 Å². The summed E-state index contributed by atoms with van der Waals surface area (Å²) in [5.74, 6) is 1.55. The van der Waals surface area contributed by atoms with Crippen molar-refractivity contribution in [2.45, 2.75) is 20.4 Å². The van der Waals surface area contributed by atoms with Crippen molar-refractivity contribution in [1.82, 2.24) is 15.1 Å². The van der Waals surface area contributed by atoms with Crippen LogP contribution in [0.15, 0.2) is 48.5 Å². The Balaban J connectivity index is 1.75. The molecule has 1 aromatic heterocycles. The smallest absolute Gasteiger partial charge is 0.244 e. The molecule has 0 spiro atoms. The first-order chi connectivity index (χ1) is 15.0. The molecule has 31 heavy (non-hydrogen) atoms. The van der Waals surface area contributed by atoms with E-state index in [1.807, 2.05) is 48.9 Å². The number of nitrogens with one attached hydrogen (secondary N) is 1. The van der Waals surface area contributed by atoms with E-state index in [0.29, 0.717) is 17.2 Å². The number of para-hydroxylation sites is 1. The number of aromatic nitrogens is 2. The lowest BCUT2D eigenvalue weighted by Gasteiger charge is -2.15. The van der Waals surface area contributed by atoms with E-state index in [4.69, 9.17) is 14.2 Å². The number of rotatable bonds is 8. The SMILES string of the molecule is COc1cc(OC)c(CNC(=O)/C=C/c2c(C)nn(-c3ccccc3)c2C)c(OC)c1. The van der Waals surface area contributed by atoms with E-state index >= 15 is 0 Å². The van der Waals surface area contributed by atoms with E-state index in [0.717, 1.165) is 28.2 Å². The van der Waals surface area contributed by atoms with Crippen molar-refractivity contribution in [1.29, 1.82) is 0 Å². The molecule has 162 valence electrons. The van der Waals surface area contributed by atoms with E-state index in [9.17, 15) is 4.79 Å². The highest BCUT2D eigenvalue weighted by atomic mass is 16.5. The average Bonchev–Trinajstić information content (AvgIpc) is 3.09. The Labute approximate surface area is 182 Å². The summed E-state index contributed by atoms with van der Waals surface area (Å²) in [4.78, 5) is 12.5. The van der Waals surface area contributed by atoms with Gasteiger partial charge in [-0.1, -0.05) is 18.2 Å². The third-order valence-corrected chi connectivity index (χ3v) is 5.01. The van der Waals surface area contributed by atoms with Crippen molar-refractivity contribution in [2.75, 3.05) is 21.3 Å². The molecule has 0 radical (unpaired) electrons. The first kappa shape index (κ1) is 22.0. The molecule has 1 amide bonds. The predicted molar refractivity (Wildman–Crippen MR) is 120 cm³/mol. The van der Waals surface area contributed by atoms with Crippen LogP contribution in [0.2, 0.25) is 0 Å². The number of carbonyl (C=O) groups is 1. The van der Waals surface area contributed by atoms with Gasteiger partial charge < -0.3 is 19.5 Å². The average molecular weight is 421 g/mol. The summed E-state index contributed by atoms with van der Waals surface area (Å²) in [7, 11) is 4.70. The lowest BCUT2D eigenvalue weighted by atomic mass is 10.1. The zero-order chi connectivity index (χ0) is 22.4. The number of amides is 1. The Morgan fingerprint density at radius 3 is 2.26 bits per heavy atom. The molecule has 0 aliphatic rings. The zero-order valence-corrected chi connectivity index (χ0v) is 18.4. The van der Waals surface area contributed by atoms with Crippen LogP contribution in [-0.2, 0) is 11.3 Å². The van der Waals surface area contributed by atoms with E-state index in [-0.39, 0.29) is 12.5 Å². The molecule has 7 nitrogen and oxygen atoms in total. The highest BCUT2D eigenvalue weighted by molar-refractivity contribution is 5.92. The molecule has 7 heteroatoms. The quantitative estimate of drug-likeness (QED) is 0.560. The van der Waals surface area contributed by atoms with Crippen LogP contribution in [0, 0.1) is 13.8 Å². The van der Waals surface area contributed by atoms with Crippen LogP contribution in [0.25, 0.3) is 11.8 Å². The van der Waals surface area contributed by atoms with Gasteiger partial charge >= 0.3 is 0 Å². The molecule has 0 aliphatic carbocycles. The fraction of sp³-hybridized carbons (Fsp3) is 0.250. The first-order valence-corrected chi connectivity index (χ1v) is 9.85. The summed E-state index contributed by atoms with van der Waals surface area (Å²) in [5, 5.41) is 7.48. The van der Waals surface area contributed by atoms with Gasteiger partial charge in [-0.05, 0) is 32.1 Å². The van der Waals surface area contributed by atoms with Crippen LogP contribution in [0.1, 0.15) is 22.5 Å². The second-order valence-corrected chi connectivity index (χ2v) is 6.89. The van der Waals surface area contributed by atoms with E-state index in [1.165, 1.54) is 6.08 Å². The standard InChI is InChI=1S/C24H27N3O4/c1-16-20(17(2)27(26-16)18-9-7-6-8-10-18)11-12-24(28)25-15-21-22(30-4)13-19(29-3)14-23(21)31-5/h6-14H,15H2,1-5H3,(H,25,28)/b12-11+. The molecule has 0 unspecified atom stereocenters. The van der Waals surface area contributed by atoms with Crippen LogP contribution in [-0.4, -0.2) is 37.0 Å². The predicted octanol–water partition coefficient (Wildman–Crippen LogP) is 3.84. The second-order valence-electron chi connectivity index (χ2n) is 6.89. The van der Waals surface area contributed by atoms with E-state index in [1.54, 1.807) is 39.5 Å². The van der Waals surface area contributed by atoms with Crippen LogP contribution >= 0.6 is 0 Å². The van der Waals surface area contributed by atoms with Crippen molar-refractivity contribution in [2.24, 2.45) is 0 Å². The highest BCUT2D eigenvalue weighted by Crippen LogP contribution is 2.33. The molecule has 0 atom stereocenters. The van der Waals surface area contributed by atoms with Crippen molar-refractivity contribution in [3.8, 4) is 22.9 Å². The van der Waals surface area contributed by atoms with Gasteiger partial charge in [0.2, 0.25) is 5.91 Å². The Kier molecular flexibility index (Phi) is 6.97. The molecule has 0 aliphatic heterocycles. The number of aryl methyl sites for hydroxylation is 1. The van der Waals surface area contributed by atoms with Gasteiger partial charge in [0, 0.05) is 29.5 Å². The number of nitrogens with zero attached hydrogens (tertiary/aromatic N) is 2. The summed E-state index contributed by atoms with van der Waals surface area (Å²) in [6, 6.07) is 13.4. The molecule has 3 aromatic rings. The lowest BCUT2D eigenvalue weighted by molar-refractivity contribution is -0.116. The largest absolute Gasteiger partial charge is 0.496 e. The Morgan fingerprint density at radius 1 is 1.03 bits per heavy atom. The van der Waals surface area contributed by atoms with Gasteiger partial charge in [-0.25, -0.2) is 4.68 Å². The van der Waals surface area contributed by atoms with Gasteiger partial charge in [-0.3, -0.25) is 4.79 Å². The molecule has 0 fully saturated rings. The van der Waals surface area contributed by atoms with E-state index < -0.39 is 0 Å².